The number of benzene rings is 1. The number of rotatable bonds is 4. The van der Waals surface area contributed by atoms with Crippen LogP contribution in [0, 0.1) is 11.8 Å². The van der Waals surface area contributed by atoms with E-state index in [9.17, 15) is 14.4 Å². The van der Waals surface area contributed by atoms with Crippen LogP contribution in [-0.4, -0.2) is 71.7 Å². The van der Waals surface area contributed by atoms with Gasteiger partial charge in [-0.15, -0.1) is 0 Å². The van der Waals surface area contributed by atoms with E-state index in [0.717, 1.165) is 37.8 Å². The molecule has 0 spiro atoms. The van der Waals surface area contributed by atoms with E-state index in [2.05, 4.69) is 0 Å². The highest BCUT2D eigenvalue weighted by Crippen LogP contribution is 2.31. The molecule has 0 aromatic heterocycles. The lowest BCUT2D eigenvalue weighted by molar-refractivity contribution is -0.145. The fraction of sp³-hybridized carbons (Fsp3) is 0.591. The maximum Gasteiger partial charge on any atom is 0.227 e. The Kier molecular flexibility index (Phi) is 5.64. The Balaban J connectivity index is 1.28. The van der Waals surface area contributed by atoms with Gasteiger partial charge in [0.1, 0.15) is 0 Å². The van der Waals surface area contributed by atoms with E-state index < -0.39 is 0 Å². The Labute approximate surface area is 166 Å². The Bertz CT molecular complexity index is 724. The molecule has 0 radical (unpaired) electrons. The van der Waals surface area contributed by atoms with Crippen LogP contribution in [-0.2, 0) is 20.8 Å². The van der Waals surface area contributed by atoms with Crippen molar-refractivity contribution in [3.8, 4) is 0 Å². The summed E-state index contributed by atoms with van der Waals surface area (Å²) in [6, 6.07) is 9.76. The summed E-state index contributed by atoms with van der Waals surface area (Å²) in [5, 5.41) is 0. The fourth-order valence-corrected chi connectivity index (χ4v) is 4.28. The molecule has 3 fully saturated rings. The molecule has 3 amide bonds. The van der Waals surface area contributed by atoms with Crippen molar-refractivity contribution < 1.29 is 14.4 Å². The second-order valence-electron chi connectivity index (χ2n) is 8.27. The lowest BCUT2D eigenvalue weighted by Crippen LogP contribution is -2.54. The Hall–Kier alpha value is -2.37. The van der Waals surface area contributed by atoms with Crippen LogP contribution in [0.2, 0.25) is 0 Å². The third-order valence-corrected chi connectivity index (χ3v) is 6.15. The molecular weight excluding hydrogens is 354 g/mol. The molecule has 3 aliphatic rings. The van der Waals surface area contributed by atoms with Gasteiger partial charge in [0.25, 0.3) is 0 Å². The first-order valence-electron chi connectivity index (χ1n) is 10.5. The highest BCUT2D eigenvalue weighted by Gasteiger charge is 2.37. The summed E-state index contributed by atoms with van der Waals surface area (Å²) < 4.78 is 0. The van der Waals surface area contributed by atoms with Gasteiger partial charge in [0.15, 0.2) is 0 Å². The number of likely N-dealkylation sites (tertiary alicyclic amines) is 1. The zero-order chi connectivity index (χ0) is 19.5. The van der Waals surface area contributed by atoms with E-state index in [-0.39, 0.29) is 29.6 Å². The molecule has 1 saturated carbocycles. The van der Waals surface area contributed by atoms with E-state index in [1.54, 1.807) is 0 Å². The largest absolute Gasteiger partial charge is 0.342 e. The molecule has 1 atom stereocenters. The van der Waals surface area contributed by atoms with Gasteiger partial charge >= 0.3 is 0 Å². The van der Waals surface area contributed by atoms with Crippen molar-refractivity contribution in [2.75, 3.05) is 39.3 Å². The number of nitrogens with zero attached hydrogens (tertiary/aromatic N) is 3. The van der Waals surface area contributed by atoms with Crippen molar-refractivity contribution in [2.45, 2.75) is 32.1 Å². The summed E-state index contributed by atoms with van der Waals surface area (Å²) in [6.07, 6.45) is 4.15. The zero-order valence-electron chi connectivity index (χ0n) is 16.4. The van der Waals surface area contributed by atoms with Gasteiger partial charge in [0.05, 0.1) is 12.3 Å². The minimum Gasteiger partial charge on any atom is -0.342 e. The van der Waals surface area contributed by atoms with E-state index in [0.29, 0.717) is 39.1 Å². The number of carbonyl (C=O) groups is 3. The average molecular weight is 383 g/mol. The lowest BCUT2D eigenvalue weighted by atomic mass is 9.95. The second kappa shape index (κ2) is 8.33. The van der Waals surface area contributed by atoms with Gasteiger partial charge in [0.2, 0.25) is 17.7 Å². The SMILES string of the molecule is O=C(Cc1ccccc1)N1CCC[C@H](C(=O)N2CCN(C(=O)C3CC3)CC2)C1. The van der Waals surface area contributed by atoms with Crippen molar-refractivity contribution in [2.24, 2.45) is 11.8 Å². The molecule has 2 saturated heterocycles. The van der Waals surface area contributed by atoms with Crippen molar-refractivity contribution in [1.29, 1.82) is 0 Å². The van der Waals surface area contributed by atoms with Gasteiger partial charge in [-0.3, -0.25) is 14.4 Å². The fourth-order valence-electron chi connectivity index (χ4n) is 4.28. The smallest absolute Gasteiger partial charge is 0.227 e. The Morgan fingerprint density at radius 2 is 1.36 bits per heavy atom. The number of hydrogen-bond donors (Lipinski definition) is 0. The molecule has 1 aromatic rings. The van der Waals surface area contributed by atoms with E-state index in [1.807, 2.05) is 45.0 Å². The molecule has 28 heavy (non-hydrogen) atoms. The van der Waals surface area contributed by atoms with Gasteiger partial charge in [0, 0.05) is 45.2 Å². The first-order chi connectivity index (χ1) is 13.6. The normalized spacial score (nSPS) is 22.9. The first-order valence-corrected chi connectivity index (χ1v) is 10.5. The molecule has 2 heterocycles. The van der Waals surface area contributed by atoms with Crippen LogP contribution in [0.3, 0.4) is 0 Å². The topological polar surface area (TPSA) is 60.9 Å². The first kappa shape index (κ1) is 19.0. The molecule has 0 bridgehead atoms. The summed E-state index contributed by atoms with van der Waals surface area (Å²) >= 11 is 0. The van der Waals surface area contributed by atoms with Crippen molar-refractivity contribution in [3.05, 3.63) is 35.9 Å². The molecule has 6 nitrogen and oxygen atoms in total. The summed E-state index contributed by atoms with van der Waals surface area (Å²) in [5.74, 6) is 0.644. The predicted molar refractivity (Wildman–Crippen MR) is 105 cm³/mol. The number of hydrogen-bond acceptors (Lipinski definition) is 3. The highest BCUT2D eigenvalue weighted by atomic mass is 16.2. The molecule has 2 aliphatic heterocycles. The Morgan fingerprint density at radius 3 is 1.96 bits per heavy atom. The van der Waals surface area contributed by atoms with Crippen molar-refractivity contribution in [1.82, 2.24) is 14.7 Å². The van der Waals surface area contributed by atoms with Crippen LogP contribution >= 0.6 is 0 Å². The number of carbonyl (C=O) groups excluding carboxylic acids is 3. The van der Waals surface area contributed by atoms with Crippen LogP contribution in [0.25, 0.3) is 0 Å². The number of amides is 3. The van der Waals surface area contributed by atoms with Gasteiger partial charge in [-0.05, 0) is 31.2 Å². The summed E-state index contributed by atoms with van der Waals surface area (Å²) in [6.45, 7) is 3.78. The molecule has 0 N–H and O–H groups in total. The minimum absolute atomic E-state index is 0.101. The van der Waals surface area contributed by atoms with Crippen LogP contribution in [0.5, 0.6) is 0 Å². The third-order valence-electron chi connectivity index (χ3n) is 6.15. The van der Waals surface area contributed by atoms with Crippen LogP contribution in [0.4, 0.5) is 0 Å². The molecule has 4 rings (SSSR count). The van der Waals surface area contributed by atoms with E-state index in [1.165, 1.54) is 0 Å². The molecule has 1 aliphatic carbocycles. The quantitative estimate of drug-likeness (QED) is 0.793. The van der Waals surface area contributed by atoms with Crippen molar-refractivity contribution in [3.63, 3.8) is 0 Å². The van der Waals surface area contributed by atoms with E-state index in [4.69, 9.17) is 0 Å². The molecule has 1 aromatic carbocycles. The molecule has 0 unspecified atom stereocenters. The van der Waals surface area contributed by atoms with Crippen LogP contribution in [0.1, 0.15) is 31.2 Å². The predicted octanol–water partition coefficient (Wildman–Crippen LogP) is 1.55. The summed E-state index contributed by atoms with van der Waals surface area (Å²) in [7, 11) is 0. The summed E-state index contributed by atoms with van der Waals surface area (Å²) in [4.78, 5) is 43.5. The second-order valence-corrected chi connectivity index (χ2v) is 8.27. The van der Waals surface area contributed by atoms with Gasteiger partial charge < -0.3 is 14.7 Å². The van der Waals surface area contributed by atoms with Gasteiger partial charge in [-0.1, -0.05) is 30.3 Å². The molecule has 6 heteroatoms. The monoisotopic (exact) mass is 383 g/mol. The number of piperazine rings is 1. The Morgan fingerprint density at radius 1 is 0.750 bits per heavy atom. The standard InChI is InChI=1S/C22H29N3O3/c26-20(15-17-5-2-1-3-6-17)25-10-4-7-19(16-25)22(28)24-13-11-23(12-14-24)21(27)18-8-9-18/h1-3,5-6,18-19H,4,7-16H2/t19-/m0/s1. The minimum atomic E-state index is -0.112. The maximum absolute atomic E-state index is 13.0. The number of piperidine rings is 1. The average Bonchev–Trinajstić information content (AvgIpc) is 3.59. The molecular formula is C22H29N3O3. The van der Waals surface area contributed by atoms with Crippen molar-refractivity contribution >= 4 is 17.7 Å². The van der Waals surface area contributed by atoms with Crippen LogP contribution < -0.4 is 0 Å². The third kappa shape index (κ3) is 4.37. The van der Waals surface area contributed by atoms with Gasteiger partial charge in [-0.2, -0.15) is 0 Å². The lowest BCUT2D eigenvalue weighted by Gasteiger charge is -2.39. The van der Waals surface area contributed by atoms with Crippen LogP contribution in [0.15, 0.2) is 30.3 Å². The maximum atomic E-state index is 13.0. The molecule has 150 valence electrons. The van der Waals surface area contributed by atoms with E-state index >= 15 is 0 Å². The zero-order valence-corrected chi connectivity index (χ0v) is 16.4. The summed E-state index contributed by atoms with van der Waals surface area (Å²) in [5.41, 5.74) is 1.01. The van der Waals surface area contributed by atoms with Gasteiger partial charge in [-0.25, -0.2) is 0 Å². The highest BCUT2D eigenvalue weighted by molar-refractivity contribution is 5.83.